The van der Waals surface area contributed by atoms with E-state index in [-0.39, 0.29) is 0 Å². The summed E-state index contributed by atoms with van der Waals surface area (Å²) >= 11 is 0. The molecule has 0 aliphatic carbocycles. The van der Waals surface area contributed by atoms with Crippen LogP contribution < -0.4 is 4.90 Å². The molecule has 0 aromatic heterocycles. The molecule has 0 spiro atoms. The van der Waals surface area contributed by atoms with Crippen LogP contribution in [0.15, 0.2) is 65.6 Å². The minimum Gasteiger partial charge on any atom is -0.369 e. The predicted octanol–water partition coefficient (Wildman–Crippen LogP) is 3.97. The smallest absolute Gasteiger partial charge is 0.243 e. The van der Waals surface area contributed by atoms with Crippen LogP contribution in [0.25, 0.3) is 10.8 Å². The fraction of sp³-hybridized carbons (Fsp3) is 0.273. The SMILES string of the molecule is Cc1ccc(C)c(N2CCN(S(=O)(=O)c3ccc4ccccc4c3)CC2)c1. The first-order chi connectivity index (χ1) is 12.9. The summed E-state index contributed by atoms with van der Waals surface area (Å²) < 4.78 is 27.8. The summed E-state index contributed by atoms with van der Waals surface area (Å²) in [4.78, 5) is 2.66. The van der Waals surface area contributed by atoms with E-state index in [2.05, 4.69) is 36.9 Å². The van der Waals surface area contributed by atoms with Crippen molar-refractivity contribution in [3.8, 4) is 0 Å². The third-order valence-corrected chi connectivity index (χ3v) is 7.20. The van der Waals surface area contributed by atoms with Gasteiger partial charge in [-0.25, -0.2) is 8.42 Å². The second kappa shape index (κ2) is 6.98. The van der Waals surface area contributed by atoms with Crippen molar-refractivity contribution in [3.05, 3.63) is 71.8 Å². The van der Waals surface area contributed by atoms with Gasteiger partial charge in [-0.2, -0.15) is 4.31 Å². The Morgan fingerprint density at radius 1 is 0.778 bits per heavy atom. The highest BCUT2D eigenvalue weighted by molar-refractivity contribution is 7.89. The van der Waals surface area contributed by atoms with Crippen LogP contribution in [0.4, 0.5) is 5.69 Å². The van der Waals surface area contributed by atoms with Crippen molar-refractivity contribution in [2.24, 2.45) is 0 Å². The Morgan fingerprint density at radius 2 is 1.48 bits per heavy atom. The standard InChI is InChI=1S/C22H24N2O2S/c1-17-7-8-18(2)22(15-17)23-11-13-24(14-12-23)27(25,26)21-10-9-19-5-3-4-6-20(19)16-21/h3-10,15-16H,11-14H2,1-2H3. The molecule has 0 amide bonds. The fourth-order valence-corrected chi connectivity index (χ4v) is 5.16. The van der Waals surface area contributed by atoms with Gasteiger partial charge in [-0.1, -0.05) is 42.5 Å². The van der Waals surface area contributed by atoms with E-state index in [4.69, 9.17) is 0 Å². The van der Waals surface area contributed by atoms with Crippen LogP contribution in [0.5, 0.6) is 0 Å². The van der Waals surface area contributed by atoms with E-state index in [1.165, 1.54) is 16.8 Å². The molecule has 1 aliphatic heterocycles. The van der Waals surface area contributed by atoms with Crippen LogP contribution in [-0.2, 0) is 10.0 Å². The second-order valence-corrected chi connectivity index (χ2v) is 9.13. The summed E-state index contributed by atoms with van der Waals surface area (Å²) in [7, 11) is -3.47. The fourth-order valence-electron chi connectivity index (χ4n) is 3.71. The summed E-state index contributed by atoms with van der Waals surface area (Å²) in [5.41, 5.74) is 3.66. The van der Waals surface area contributed by atoms with Gasteiger partial charge >= 0.3 is 0 Å². The molecule has 0 bridgehead atoms. The number of sulfonamides is 1. The molecule has 1 saturated heterocycles. The van der Waals surface area contributed by atoms with Gasteiger partial charge in [0, 0.05) is 31.9 Å². The Labute approximate surface area is 161 Å². The van der Waals surface area contributed by atoms with E-state index in [9.17, 15) is 8.42 Å². The van der Waals surface area contributed by atoms with Crippen LogP contribution in [0.2, 0.25) is 0 Å². The van der Waals surface area contributed by atoms with Gasteiger partial charge in [0.15, 0.2) is 0 Å². The lowest BCUT2D eigenvalue weighted by Crippen LogP contribution is -2.48. The summed E-state index contributed by atoms with van der Waals surface area (Å²) in [6.45, 7) is 6.61. The molecule has 0 atom stereocenters. The molecule has 3 aromatic rings. The number of aryl methyl sites for hydroxylation is 2. The van der Waals surface area contributed by atoms with Crippen LogP contribution in [0, 0.1) is 13.8 Å². The number of hydrogen-bond donors (Lipinski definition) is 0. The number of anilines is 1. The maximum absolute atomic E-state index is 13.1. The van der Waals surface area contributed by atoms with Crippen molar-refractivity contribution >= 4 is 26.5 Å². The third-order valence-electron chi connectivity index (χ3n) is 5.30. The lowest BCUT2D eigenvalue weighted by atomic mass is 10.1. The van der Waals surface area contributed by atoms with Crippen molar-refractivity contribution in [2.75, 3.05) is 31.1 Å². The number of nitrogens with zero attached hydrogens (tertiary/aromatic N) is 2. The molecule has 0 unspecified atom stereocenters. The number of piperazine rings is 1. The van der Waals surface area contributed by atoms with E-state index in [0.29, 0.717) is 31.1 Å². The van der Waals surface area contributed by atoms with Crippen LogP contribution >= 0.6 is 0 Å². The molecule has 0 radical (unpaired) electrons. The van der Waals surface area contributed by atoms with Gasteiger partial charge < -0.3 is 4.90 Å². The van der Waals surface area contributed by atoms with E-state index in [1.807, 2.05) is 30.3 Å². The average Bonchev–Trinajstić information content (AvgIpc) is 2.69. The van der Waals surface area contributed by atoms with Gasteiger partial charge in [-0.15, -0.1) is 0 Å². The molecule has 3 aromatic carbocycles. The van der Waals surface area contributed by atoms with Crippen LogP contribution in [0.3, 0.4) is 0 Å². The van der Waals surface area contributed by atoms with Gasteiger partial charge in [0.1, 0.15) is 0 Å². The molecule has 4 rings (SSSR count). The average molecular weight is 381 g/mol. The highest BCUT2D eigenvalue weighted by atomic mass is 32.2. The Morgan fingerprint density at radius 3 is 2.22 bits per heavy atom. The number of hydrogen-bond acceptors (Lipinski definition) is 3. The highest BCUT2D eigenvalue weighted by Gasteiger charge is 2.29. The summed E-state index contributed by atoms with van der Waals surface area (Å²) in [5.74, 6) is 0. The molecule has 27 heavy (non-hydrogen) atoms. The van der Waals surface area contributed by atoms with Crippen molar-refractivity contribution < 1.29 is 8.42 Å². The molecule has 1 heterocycles. The third kappa shape index (κ3) is 3.45. The molecule has 0 saturated carbocycles. The number of benzene rings is 3. The lowest BCUT2D eigenvalue weighted by Gasteiger charge is -2.36. The first kappa shape index (κ1) is 18.0. The zero-order valence-electron chi connectivity index (χ0n) is 15.7. The Kier molecular flexibility index (Phi) is 4.66. The van der Waals surface area contributed by atoms with E-state index >= 15 is 0 Å². The second-order valence-electron chi connectivity index (χ2n) is 7.19. The summed E-state index contributed by atoms with van der Waals surface area (Å²) in [6, 6.07) is 19.6. The Bertz CT molecular complexity index is 1080. The first-order valence-electron chi connectivity index (χ1n) is 9.26. The molecule has 1 aliphatic rings. The summed E-state index contributed by atoms with van der Waals surface area (Å²) in [6.07, 6.45) is 0. The summed E-state index contributed by atoms with van der Waals surface area (Å²) in [5, 5.41) is 2.00. The zero-order valence-corrected chi connectivity index (χ0v) is 16.5. The molecular formula is C22H24N2O2S. The Hall–Kier alpha value is -2.37. The van der Waals surface area contributed by atoms with Crippen LogP contribution in [0.1, 0.15) is 11.1 Å². The van der Waals surface area contributed by atoms with Gasteiger partial charge in [-0.05, 0) is 53.9 Å². The minimum absolute atomic E-state index is 0.376. The van der Waals surface area contributed by atoms with Crippen molar-refractivity contribution in [1.29, 1.82) is 0 Å². The molecule has 1 fully saturated rings. The molecule has 0 N–H and O–H groups in total. The maximum atomic E-state index is 13.1. The van der Waals surface area contributed by atoms with Crippen LogP contribution in [-0.4, -0.2) is 38.9 Å². The lowest BCUT2D eigenvalue weighted by molar-refractivity contribution is 0.385. The number of fused-ring (bicyclic) bond motifs is 1. The predicted molar refractivity (Wildman–Crippen MR) is 111 cm³/mol. The van der Waals surface area contributed by atoms with E-state index < -0.39 is 10.0 Å². The Balaban J connectivity index is 1.55. The molecular weight excluding hydrogens is 356 g/mol. The maximum Gasteiger partial charge on any atom is 0.243 e. The zero-order chi connectivity index (χ0) is 19.0. The topological polar surface area (TPSA) is 40.6 Å². The minimum atomic E-state index is -3.47. The van der Waals surface area contributed by atoms with Gasteiger partial charge in [0.05, 0.1) is 4.90 Å². The quantitative estimate of drug-likeness (QED) is 0.690. The van der Waals surface area contributed by atoms with Gasteiger partial charge in [0.2, 0.25) is 10.0 Å². The monoisotopic (exact) mass is 380 g/mol. The highest BCUT2D eigenvalue weighted by Crippen LogP contribution is 2.26. The van der Waals surface area contributed by atoms with E-state index in [1.54, 1.807) is 16.4 Å². The normalized spacial score (nSPS) is 16.0. The van der Waals surface area contributed by atoms with Crippen molar-refractivity contribution in [3.63, 3.8) is 0 Å². The number of rotatable bonds is 3. The van der Waals surface area contributed by atoms with Gasteiger partial charge in [0.25, 0.3) is 0 Å². The van der Waals surface area contributed by atoms with E-state index in [0.717, 1.165) is 10.8 Å². The molecule has 5 heteroatoms. The first-order valence-corrected chi connectivity index (χ1v) is 10.7. The largest absolute Gasteiger partial charge is 0.369 e. The van der Waals surface area contributed by atoms with Gasteiger partial charge in [-0.3, -0.25) is 0 Å². The van der Waals surface area contributed by atoms with Crippen molar-refractivity contribution in [2.45, 2.75) is 18.7 Å². The molecule has 4 nitrogen and oxygen atoms in total. The molecule has 140 valence electrons. The van der Waals surface area contributed by atoms with Crippen molar-refractivity contribution in [1.82, 2.24) is 4.31 Å².